The van der Waals surface area contributed by atoms with Gasteiger partial charge in [0.2, 0.25) is 0 Å². The zero-order valence-corrected chi connectivity index (χ0v) is 19.3. The minimum atomic E-state index is -0.297. The maximum absolute atomic E-state index is 13.8. The Morgan fingerprint density at radius 2 is 1.62 bits per heavy atom. The van der Waals surface area contributed by atoms with Crippen molar-refractivity contribution in [3.05, 3.63) is 64.9 Å². The van der Waals surface area contributed by atoms with E-state index in [2.05, 4.69) is 0 Å². The molecule has 2 aromatic carbocycles. The molecule has 2 heterocycles. The fourth-order valence-corrected chi connectivity index (χ4v) is 4.51. The van der Waals surface area contributed by atoms with Gasteiger partial charge < -0.3 is 14.4 Å². The Morgan fingerprint density at radius 3 is 2.25 bits per heavy atom. The molecule has 0 bridgehead atoms. The lowest BCUT2D eigenvalue weighted by Crippen LogP contribution is -2.47. The van der Waals surface area contributed by atoms with E-state index in [1.165, 1.54) is 4.90 Å². The van der Waals surface area contributed by atoms with E-state index >= 15 is 0 Å². The first-order chi connectivity index (χ1) is 15.3. The maximum Gasteiger partial charge on any atom is 0.282 e. The molecule has 4 rings (SSSR count). The number of imide groups is 1. The summed E-state index contributed by atoms with van der Waals surface area (Å²) >= 11 is 0. The Morgan fingerprint density at radius 1 is 0.969 bits per heavy atom. The number of nitrogens with zero attached hydrogens (tertiary/aromatic N) is 2. The average Bonchev–Trinajstić information content (AvgIpc) is 3.00. The molecule has 0 N–H and O–H groups in total. The molecular weight excluding hydrogens is 404 g/mol. The lowest BCUT2D eigenvalue weighted by molar-refractivity contribution is -0.121. The third-order valence-corrected chi connectivity index (χ3v) is 6.07. The molecule has 2 aliphatic heterocycles. The number of hydrogen-bond donors (Lipinski definition) is 0. The molecular formula is C26H30N2O4. The van der Waals surface area contributed by atoms with Gasteiger partial charge in [0.05, 0.1) is 30.1 Å². The van der Waals surface area contributed by atoms with Crippen molar-refractivity contribution in [2.24, 2.45) is 0 Å². The summed E-state index contributed by atoms with van der Waals surface area (Å²) in [6.45, 7) is 11.5. The summed E-state index contributed by atoms with van der Waals surface area (Å²) < 4.78 is 11.4. The SMILES string of the molecule is CCOc1ccc(C2=C(N3CC(C)OC(C)C3)C(=O)N(c3cccc(C)c3C)C2=O)cc1. The van der Waals surface area contributed by atoms with Crippen LogP contribution in [0.15, 0.2) is 48.2 Å². The molecule has 1 fully saturated rings. The van der Waals surface area contributed by atoms with Crippen molar-refractivity contribution in [2.75, 3.05) is 24.6 Å². The summed E-state index contributed by atoms with van der Waals surface area (Å²) in [4.78, 5) is 30.9. The smallest absolute Gasteiger partial charge is 0.282 e. The van der Waals surface area contributed by atoms with E-state index in [4.69, 9.17) is 9.47 Å². The zero-order valence-electron chi connectivity index (χ0n) is 19.3. The molecule has 2 atom stereocenters. The van der Waals surface area contributed by atoms with Crippen LogP contribution in [0.5, 0.6) is 5.75 Å². The number of benzene rings is 2. The van der Waals surface area contributed by atoms with Crippen molar-refractivity contribution in [3.63, 3.8) is 0 Å². The van der Waals surface area contributed by atoms with Gasteiger partial charge >= 0.3 is 0 Å². The van der Waals surface area contributed by atoms with Gasteiger partial charge in [-0.15, -0.1) is 0 Å². The first kappa shape index (κ1) is 22.1. The fraction of sp³-hybridized carbons (Fsp3) is 0.385. The van der Waals surface area contributed by atoms with Crippen LogP contribution in [0.1, 0.15) is 37.5 Å². The number of amides is 2. The quantitative estimate of drug-likeness (QED) is 0.664. The second-order valence-electron chi connectivity index (χ2n) is 8.51. The summed E-state index contributed by atoms with van der Waals surface area (Å²) in [6.07, 6.45) is -0.0732. The molecule has 0 spiro atoms. The second kappa shape index (κ2) is 8.79. The highest BCUT2D eigenvalue weighted by molar-refractivity contribution is 6.45. The van der Waals surface area contributed by atoms with E-state index in [-0.39, 0.29) is 24.0 Å². The fourth-order valence-electron chi connectivity index (χ4n) is 4.51. The highest BCUT2D eigenvalue weighted by Gasteiger charge is 2.44. The molecule has 2 amide bonds. The Labute approximate surface area is 189 Å². The van der Waals surface area contributed by atoms with Gasteiger partial charge in [-0.1, -0.05) is 24.3 Å². The van der Waals surface area contributed by atoms with Gasteiger partial charge in [-0.2, -0.15) is 0 Å². The minimum absolute atomic E-state index is 0.0366. The molecule has 1 saturated heterocycles. The van der Waals surface area contributed by atoms with Crippen LogP contribution in [0.25, 0.3) is 5.57 Å². The van der Waals surface area contributed by atoms with E-state index < -0.39 is 0 Å². The lowest BCUT2D eigenvalue weighted by Gasteiger charge is -2.37. The molecule has 6 nitrogen and oxygen atoms in total. The Hall–Kier alpha value is -3.12. The van der Waals surface area contributed by atoms with Crippen LogP contribution in [0.2, 0.25) is 0 Å². The molecule has 0 saturated carbocycles. The Kier molecular flexibility index (Phi) is 6.07. The molecule has 0 radical (unpaired) electrons. The first-order valence-electron chi connectivity index (χ1n) is 11.1. The van der Waals surface area contributed by atoms with Crippen LogP contribution in [0, 0.1) is 13.8 Å². The Bertz CT molecular complexity index is 1060. The predicted octanol–water partition coefficient (Wildman–Crippen LogP) is 4.10. The molecule has 32 heavy (non-hydrogen) atoms. The third kappa shape index (κ3) is 3.91. The summed E-state index contributed by atoms with van der Waals surface area (Å²) in [5.74, 6) is 0.152. The molecule has 2 aliphatic rings. The highest BCUT2D eigenvalue weighted by atomic mass is 16.5. The van der Waals surface area contributed by atoms with Crippen LogP contribution in [0.3, 0.4) is 0 Å². The number of carbonyl (C=O) groups excluding carboxylic acids is 2. The van der Waals surface area contributed by atoms with Gasteiger partial charge in [0, 0.05) is 13.1 Å². The van der Waals surface area contributed by atoms with E-state index in [9.17, 15) is 9.59 Å². The number of morpholine rings is 1. The highest BCUT2D eigenvalue weighted by Crippen LogP contribution is 2.38. The minimum Gasteiger partial charge on any atom is -0.494 e. The molecule has 168 valence electrons. The van der Waals surface area contributed by atoms with Crippen LogP contribution in [-0.2, 0) is 14.3 Å². The van der Waals surface area contributed by atoms with Gasteiger partial charge in [-0.05, 0) is 69.5 Å². The number of aryl methyl sites for hydroxylation is 1. The van der Waals surface area contributed by atoms with Crippen molar-refractivity contribution >= 4 is 23.1 Å². The molecule has 6 heteroatoms. The molecule has 2 unspecified atom stereocenters. The zero-order chi connectivity index (χ0) is 23.0. The van der Waals surface area contributed by atoms with Crippen LogP contribution < -0.4 is 9.64 Å². The van der Waals surface area contributed by atoms with Gasteiger partial charge in [0.15, 0.2) is 0 Å². The van der Waals surface area contributed by atoms with Gasteiger partial charge in [0.1, 0.15) is 11.4 Å². The van der Waals surface area contributed by atoms with E-state index in [1.54, 1.807) is 0 Å². The second-order valence-corrected chi connectivity index (χ2v) is 8.51. The predicted molar refractivity (Wildman–Crippen MR) is 125 cm³/mol. The summed E-state index contributed by atoms with van der Waals surface area (Å²) in [6, 6.07) is 13.1. The Balaban J connectivity index is 1.83. The van der Waals surface area contributed by atoms with Crippen LogP contribution in [-0.4, -0.2) is 48.6 Å². The maximum atomic E-state index is 13.8. The summed E-state index contributed by atoms with van der Waals surface area (Å²) in [7, 11) is 0. The molecule has 2 aromatic rings. The lowest BCUT2D eigenvalue weighted by atomic mass is 10.0. The number of anilines is 1. The van der Waals surface area contributed by atoms with Crippen LogP contribution >= 0.6 is 0 Å². The molecule has 0 aliphatic carbocycles. The average molecular weight is 435 g/mol. The van der Waals surface area contributed by atoms with E-state index in [1.807, 2.05) is 82.0 Å². The first-order valence-corrected chi connectivity index (χ1v) is 11.1. The van der Waals surface area contributed by atoms with Gasteiger partial charge in [0.25, 0.3) is 11.8 Å². The third-order valence-electron chi connectivity index (χ3n) is 6.07. The number of hydrogen-bond acceptors (Lipinski definition) is 5. The normalized spacial score (nSPS) is 21.5. The topological polar surface area (TPSA) is 59.1 Å². The van der Waals surface area contributed by atoms with Crippen molar-refractivity contribution in [3.8, 4) is 5.75 Å². The van der Waals surface area contributed by atoms with Gasteiger partial charge in [-0.3, -0.25) is 9.59 Å². The van der Waals surface area contributed by atoms with Crippen molar-refractivity contribution in [1.29, 1.82) is 0 Å². The van der Waals surface area contributed by atoms with Crippen LogP contribution in [0.4, 0.5) is 5.69 Å². The monoisotopic (exact) mass is 434 g/mol. The standard InChI is InChI=1S/C26H30N2O4/c1-6-31-21-12-10-20(11-13-21)23-24(27-14-17(3)32-18(4)15-27)26(30)28(25(23)29)22-9-7-8-16(2)19(22)5/h7-13,17-18H,6,14-15H2,1-5H3. The van der Waals surface area contributed by atoms with E-state index in [0.29, 0.717) is 42.2 Å². The molecule has 0 aromatic heterocycles. The van der Waals surface area contributed by atoms with Crippen molar-refractivity contribution in [2.45, 2.75) is 46.8 Å². The van der Waals surface area contributed by atoms with Crippen molar-refractivity contribution in [1.82, 2.24) is 4.90 Å². The van der Waals surface area contributed by atoms with Crippen molar-refractivity contribution < 1.29 is 19.1 Å². The number of rotatable bonds is 5. The largest absolute Gasteiger partial charge is 0.494 e. The summed E-state index contributed by atoms with van der Waals surface area (Å²) in [5.41, 5.74) is 4.18. The van der Waals surface area contributed by atoms with Gasteiger partial charge in [-0.25, -0.2) is 4.90 Å². The number of carbonyl (C=O) groups is 2. The summed E-state index contributed by atoms with van der Waals surface area (Å²) in [5, 5.41) is 0. The number of ether oxygens (including phenoxy) is 2. The van der Waals surface area contributed by atoms with E-state index in [0.717, 1.165) is 16.9 Å².